The average Bonchev–Trinajstić information content (AvgIpc) is 3.33. The van der Waals surface area contributed by atoms with Gasteiger partial charge in [0.25, 0.3) is 0 Å². The highest BCUT2D eigenvalue weighted by molar-refractivity contribution is 5.71. The van der Waals surface area contributed by atoms with Crippen LogP contribution in [0.4, 0.5) is 0 Å². The normalized spacial score (nSPS) is 13.7. The van der Waals surface area contributed by atoms with Crippen molar-refractivity contribution >= 4 is 17.9 Å². The van der Waals surface area contributed by atoms with E-state index in [4.69, 9.17) is 14.2 Å². The Kier molecular flexibility index (Phi) is 48.8. The van der Waals surface area contributed by atoms with Crippen LogP contribution in [0.1, 0.15) is 162 Å². The second-order valence-corrected chi connectivity index (χ2v) is 15.8. The Morgan fingerprint density at radius 2 is 0.642 bits per heavy atom. The third-order valence-electron chi connectivity index (χ3n) is 9.59. The Bertz CT molecular complexity index is 1670. The molecule has 6 nitrogen and oxygen atoms in total. The van der Waals surface area contributed by atoms with E-state index in [1.165, 1.54) is 0 Å². The second-order valence-electron chi connectivity index (χ2n) is 15.8. The highest BCUT2D eigenvalue weighted by atomic mass is 16.6. The molecule has 0 saturated carbocycles. The second kappa shape index (κ2) is 53.1. The first-order valence-corrected chi connectivity index (χ1v) is 25.4. The van der Waals surface area contributed by atoms with Crippen molar-refractivity contribution in [3.8, 4) is 0 Å². The number of hydrogen-bond donors (Lipinski definition) is 0. The zero-order chi connectivity index (χ0) is 48.6. The maximum absolute atomic E-state index is 12.8. The summed E-state index contributed by atoms with van der Waals surface area (Å²) in [5, 5.41) is 0. The summed E-state index contributed by atoms with van der Waals surface area (Å²) in [6, 6.07) is 0. The smallest absolute Gasteiger partial charge is 0.306 e. The molecule has 0 rings (SSSR count). The number of ether oxygens (including phenoxy) is 3. The monoisotopic (exact) mass is 917 g/mol. The van der Waals surface area contributed by atoms with Gasteiger partial charge in [-0.2, -0.15) is 0 Å². The molecule has 0 aliphatic heterocycles. The molecule has 0 amide bonds. The third kappa shape index (κ3) is 51.4. The fourth-order valence-electron chi connectivity index (χ4n) is 5.90. The van der Waals surface area contributed by atoms with Gasteiger partial charge in [0.2, 0.25) is 0 Å². The first-order chi connectivity index (χ1) is 33.0. The van der Waals surface area contributed by atoms with Crippen LogP contribution in [0, 0.1) is 0 Å². The molecule has 67 heavy (non-hydrogen) atoms. The van der Waals surface area contributed by atoms with Crippen LogP contribution in [0.15, 0.2) is 182 Å². The van der Waals surface area contributed by atoms with Crippen LogP contribution >= 0.6 is 0 Å². The topological polar surface area (TPSA) is 78.9 Å². The number of rotatable bonds is 42. The van der Waals surface area contributed by atoms with Gasteiger partial charge in [-0.3, -0.25) is 14.4 Å². The van der Waals surface area contributed by atoms with E-state index in [0.717, 1.165) is 109 Å². The largest absolute Gasteiger partial charge is 0.462 e. The van der Waals surface area contributed by atoms with Gasteiger partial charge in [0.15, 0.2) is 6.10 Å². The Hall–Kier alpha value is -5.49. The van der Waals surface area contributed by atoms with Gasteiger partial charge in [0.05, 0.1) is 0 Å². The van der Waals surface area contributed by atoms with Crippen LogP contribution in [0.25, 0.3) is 0 Å². The molecule has 0 aromatic carbocycles. The SMILES string of the molecule is CC\C=C/C=C\C=C/C=C\C=C\C=C/C=C\CCCCCC(=O)OCC(COC(=O)CCCCCC/C=C\C/C=C\C/C=C\CC)OC(=O)CC/C=C\C/C=C\C/C=C\C/C=C\C/C=C\CC. The molecule has 0 radical (unpaired) electrons. The third-order valence-corrected chi connectivity index (χ3v) is 9.59. The Balaban J connectivity index is 4.68. The molecular formula is C61H88O6. The molecular weight excluding hydrogens is 829 g/mol. The minimum atomic E-state index is -0.857. The molecule has 0 aliphatic carbocycles. The Morgan fingerprint density at radius 1 is 0.313 bits per heavy atom. The van der Waals surface area contributed by atoms with Crippen molar-refractivity contribution in [2.24, 2.45) is 0 Å². The minimum Gasteiger partial charge on any atom is -0.462 e. The summed E-state index contributed by atoms with van der Waals surface area (Å²) in [6.07, 6.45) is 80.2. The van der Waals surface area contributed by atoms with Gasteiger partial charge in [-0.15, -0.1) is 0 Å². The molecule has 1 unspecified atom stereocenters. The number of carbonyl (C=O) groups is 3. The molecule has 0 bridgehead atoms. The van der Waals surface area contributed by atoms with Crippen LogP contribution in [-0.4, -0.2) is 37.2 Å². The van der Waals surface area contributed by atoms with E-state index >= 15 is 0 Å². The molecule has 0 N–H and O–H groups in total. The van der Waals surface area contributed by atoms with E-state index in [0.29, 0.717) is 19.3 Å². The Morgan fingerprint density at radius 3 is 1.07 bits per heavy atom. The summed E-state index contributed by atoms with van der Waals surface area (Å²) >= 11 is 0. The lowest BCUT2D eigenvalue weighted by Crippen LogP contribution is -2.30. The lowest BCUT2D eigenvalue weighted by Gasteiger charge is -2.18. The maximum Gasteiger partial charge on any atom is 0.306 e. The lowest BCUT2D eigenvalue weighted by atomic mass is 10.1. The Labute approximate surface area is 408 Å². The van der Waals surface area contributed by atoms with E-state index in [-0.39, 0.29) is 38.0 Å². The number of carbonyl (C=O) groups excluding carboxylic acids is 3. The molecule has 0 aliphatic rings. The molecule has 0 saturated heterocycles. The van der Waals surface area contributed by atoms with Gasteiger partial charge in [0.1, 0.15) is 13.2 Å². The molecule has 0 heterocycles. The molecule has 6 heteroatoms. The standard InChI is InChI=1S/C61H88O6/c1-4-7-10-13-16-19-22-25-28-30-31-32-34-36-39-42-45-48-51-54-60(63)66-57-58(56-65-59(62)53-50-47-44-41-38-35-27-24-21-18-15-12-9-6-3)67-61(64)55-52-49-46-43-40-37-33-29-26-23-20-17-14-11-8-5-2/h7-13,16-22,25-32,34-37,39-40,46,49,58H,4-6,14-15,23-24,33,38,41-45,47-48,50-57H2,1-3H3/b10-7-,11-8-,12-9-,16-13-,20-17-,21-18-,22-19-,28-25-,29-26-,31-30+,34-32-,35-27-,39-36-,40-37-,49-46-. The number of hydrogen-bond acceptors (Lipinski definition) is 6. The predicted molar refractivity (Wildman–Crippen MR) is 287 cm³/mol. The van der Waals surface area contributed by atoms with Crippen LogP contribution in [0.2, 0.25) is 0 Å². The van der Waals surface area contributed by atoms with Crippen molar-refractivity contribution in [2.75, 3.05) is 13.2 Å². The minimum absolute atomic E-state index is 0.145. The molecule has 1 atom stereocenters. The van der Waals surface area contributed by atoms with E-state index in [2.05, 4.69) is 118 Å². The first-order valence-electron chi connectivity index (χ1n) is 25.4. The summed E-state index contributed by atoms with van der Waals surface area (Å²) in [7, 11) is 0. The highest BCUT2D eigenvalue weighted by Gasteiger charge is 2.19. The van der Waals surface area contributed by atoms with E-state index in [1.54, 1.807) is 0 Å². The quantitative estimate of drug-likeness (QED) is 0.0200. The summed E-state index contributed by atoms with van der Waals surface area (Å²) < 4.78 is 16.7. The molecule has 368 valence electrons. The maximum atomic E-state index is 12.8. The van der Waals surface area contributed by atoms with Crippen molar-refractivity contribution in [1.29, 1.82) is 0 Å². The molecule has 0 spiro atoms. The van der Waals surface area contributed by atoms with Gasteiger partial charge >= 0.3 is 17.9 Å². The fraction of sp³-hybridized carbons (Fsp3) is 0.459. The zero-order valence-corrected chi connectivity index (χ0v) is 41.8. The van der Waals surface area contributed by atoms with Crippen LogP contribution in [-0.2, 0) is 28.6 Å². The fourth-order valence-corrected chi connectivity index (χ4v) is 5.90. The highest BCUT2D eigenvalue weighted by Crippen LogP contribution is 2.10. The van der Waals surface area contributed by atoms with Gasteiger partial charge < -0.3 is 14.2 Å². The number of unbranched alkanes of at least 4 members (excludes halogenated alkanes) is 7. The zero-order valence-electron chi connectivity index (χ0n) is 41.8. The van der Waals surface area contributed by atoms with Gasteiger partial charge in [0, 0.05) is 19.3 Å². The number of allylic oxidation sites excluding steroid dienone is 30. The van der Waals surface area contributed by atoms with Crippen molar-refractivity contribution in [3.05, 3.63) is 182 Å². The average molecular weight is 917 g/mol. The summed E-state index contributed by atoms with van der Waals surface area (Å²) in [5.41, 5.74) is 0. The van der Waals surface area contributed by atoms with E-state index < -0.39 is 12.1 Å². The molecule has 0 aromatic rings. The van der Waals surface area contributed by atoms with Crippen LogP contribution in [0.3, 0.4) is 0 Å². The summed E-state index contributed by atoms with van der Waals surface area (Å²) in [5.74, 6) is -1.12. The lowest BCUT2D eigenvalue weighted by molar-refractivity contribution is -0.166. The predicted octanol–water partition coefficient (Wildman–Crippen LogP) is 17.0. The van der Waals surface area contributed by atoms with Crippen molar-refractivity contribution in [2.45, 2.75) is 168 Å². The summed E-state index contributed by atoms with van der Waals surface area (Å²) in [4.78, 5) is 38.0. The van der Waals surface area contributed by atoms with Gasteiger partial charge in [-0.25, -0.2) is 0 Å². The van der Waals surface area contributed by atoms with Gasteiger partial charge in [-0.05, 0) is 103 Å². The van der Waals surface area contributed by atoms with Gasteiger partial charge in [-0.1, -0.05) is 222 Å². The molecule has 0 fully saturated rings. The van der Waals surface area contributed by atoms with Crippen molar-refractivity contribution < 1.29 is 28.6 Å². The van der Waals surface area contributed by atoms with E-state index in [1.807, 2.05) is 85.1 Å². The van der Waals surface area contributed by atoms with Crippen molar-refractivity contribution in [1.82, 2.24) is 0 Å². The van der Waals surface area contributed by atoms with Crippen LogP contribution < -0.4 is 0 Å². The van der Waals surface area contributed by atoms with Crippen molar-refractivity contribution in [3.63, 3.8) is 0 Å². The summed E-state index contributed by atoms with van der Waals surface area (Å²) in [6.45, 7) is 6.10. The van der Waals surface area contributed by atoms with Crippen LogP contribution in [0.5, 0.6) is 0 Å². The molecule has 0 aromatic heterocycles. The number of esters is 3. The van der Waals surface area contributed by atoms with E-state index in [9.17, 15) is 14.4 Å². The first kappa shape index (κ1) is 61.5.